The molecule has 1 N–H and O–H groups in total. The number of hydrogen-bond donors (Lipinski definition) is 1. The lowest BCUT2D eigenvalue weighted by Crippen LogP contribution is -2.39. The minimum atomic E-state index is 0.0356. The third-order valence-electron chi connectivity index (χ3n) is 7.54. The minimum Gasteiger partial charge on any atom is -0.396 e. The molecule has 7 nitrogen and oxygen atoms in total. The molecule has 0 spiro atoms. The highest BCUT2D eigenvalue weighted by Crippen LogP contribution is 2.28. The maximum atomic E-state index is 13.4. The monoisotopic (exact) mass is 492 g/mol. The van der Waals surface area contributed by atoms with Crippen LogP contribution >= 0.6 is 0 Å². The molecule has 1 saturated heterocycles. The maximum absolute atomic E-state index is 13.4. The SMILES string of the molecule is CC(=O)N1CCCCCCCN(Cc2cccnc2)Cc2cc(C(=O)N3CCC(CO)CC3)ccc21. The predicted octanol–water partition coefficient (Wildman–Crippen LogP) is 4.25. The molecule has 2 amide bonds. The molecule has 2 aliphatic rings. The summed E-state index contributed by atoms with van der Waals surface area (Å²) in [6.45, 7) is 6.28. The maximum Gasteiger partial charge on any atom is 0.253 e. The van der Waals surface area contributed by atoms with E-state index in [-0.39, 0.29) is 24.3 Å². The highest BCUT2D eigenvalue weighted by atomic mass is 16.3. The van der Waals surface area contributed by atoms with Gasteiger partial charge < -0.3 is 14.9 Å². The molecular weight excluding hydrogens is 452 g/mol. The summed E-state index contributed by atoms with van der Waals surface area (Å²) in [5.41, 5.74) is 3.77. The number of carbonyl (C=O) groups excluding carboxylic acids is 2. The Labute approximate surface area is 215 Å². The van der Waals surface area contributed by atoms with E-state index in [1.165, 1.54) is 12.8 Å². The Morgan fingerprint density at radius 3 is 2.44 bits per heavy atom. The molecule has 0 radical (unpaired) electrons. The molecule has 3 heterocycles. The second-order valence-electron chi connectivity index (χ2n) is 10.3. The third kappa shape index (κ3) is 6.92. The number of carbonyl (C=O) groups is 2. The van der Waals surface area contributed by atoms with Crippen molar-refractivity contribution in [2.75, 3.05) is 37.7 Å². The van der Waals surface area contributed by atoms with Gasteiger partial charge >= 0.3 is 0 Å². The summed E-state index contributed by atoms with van der Waals surface area (Å²) < 4.78 is 0. The lowest BCUT2D eigenvalue weighted by atomic mass is 9.97. The van der Waals surface area contributed by atoms with Crippen LogP contribution in [0.5, 0.6) is 0 Å². The number of hydrogen-bond acceptors (Lipinski definition) is 5. The molecule has 4 rings (SSSR count). The Hall–Kier alpha value is -2.77. The number of pyridine rings is 1. The van der Waals surface area contributed by atoms with Gasteiger partial charge in [-0.3, -0.25) is 19.5 Å². The Balaban J connectivity index is 1.64. The first-order valence-electron chi connectivity index (χ1n) is 13.5. The van der Waals surface area contributed by atoms with Crippen LogP contribution in [0.1, 0.15) is 73.4 Å². The number of amides is 2. The number of likely N-dealkylation sites (tertiary alicyclic amines) is 1. The molecular formula is C29H40N4O3. The van der Waals surface area contributed by atoms with Gasteiger partial charge in [0.25, 0.3) is 5.91 Å². The largest absolute Gasteiger partial charge is 0.396 e. The van der Waals surface area contributed by atoms with E-state index in [0.717, 1.165) is 62.0 Å². The van der Waals surface area contributed by atoms with Gasteiger partial charge in [0, 0.05) is 69.9 Å². The van der Waals surface area contributed by atoms with Crippen LogP contribution in [0.2, 0.25) is 0 Å². The zero-order valence-corrected chi connectivity index (χ0v) is 21.6. The lowest BCUT2D eigenvalue weighted by Gasteiger charge is -2.32. The Morgan fingerprint density at radius 1 is 1.00 bits per heavy atom. The van der Waals surface area contributed by atoms with Gasteiger partial charge in [0.05, 0.1) is 0 Å². The highest BCUT2D eigenvalue weighted by molar-refractivity contribution is 5.97. The second-order valence-corrected chi connectivity index (χ2v) is 10.3. The summed E-state index contributed by atoms with van der Waals surface area (Å²) in [6, 6.07) is 9.93. The summed E-state index contributed by atoms with van der Waals surface area (Å²) >= 11 is 0. The molecule has 0 aliphatic carbocycles. The van der Waals surface area contributed by atoms with Crippen LogP contribution in [0.15, 0.2) is 42.7 Å². The van der Waals surface area contributed by atoms with Crippen molar-refractivity contribution in [2.24, 2.45) is 5.92 Å². The van der Waals surface area contributed by atoms with Crippen molar-refractivity contribution in [3.8, 4) is 0 Å². The van der Waals surface area contributed by atoms with Gasteiger partial charge in [-0.05, 0) is 73.5 Å². The molecule has 36 heavy (non-hydrogen) atoms. The molecule has 1 aromatic carbocycles. The van der Waals surface area contributed by atoms with Crippen molar-refractivity contribution in [3.05, 3.63) is 59.4 Å². The van der Waals surface area contributed by atoms with Crippen molar-refractivity contribution in [1.82, 2.24) is 14.8 Å². The average Bonchev–Trinajstić information content (AvgIpc) is 2.89. The van der Waals surface area contributed by atoms with E-state index < -0.39 is 0 Å². The first-order chi connectivity index (χ1) is 17.5. The molecule has 1 aromatic heterocycles. The van der Waals surface area contributed by atoms with Crippen molar-refractivity contribution in [3.63, 3.8) is 0 Å². The number of aliphatic hydroxyl groups excluding tert-OH is 1. The molecule has 0 saturated carbocycles. The van der Waals surface area contributed by atoms with Crippen LogP contribution in [0.25, 0.3) is 0 Å². The standard InChI is InChI=1S/C29H40N4O3/c1-23(35)33-15-6-4-2-3-5-14-31(20-25-8-7-13-30-19-25)21-27-18-26(9-10-28(27)33)29(36)32-16-11-24(22-34)12-17-32/h7-10,13,18-19,24,34H,2-6,11-12,14-17,20-22H2,1H3. The van der Waals surface area contributed by atoms with Crippen molar-refractivity contribution >= 4 is 17.5 Å². The summed E-state index contributed by atoms with van der Waals surface area (Å²) in [6.07, 6.45) is 11.0. The summed E-state index contributed by atoms with van der Waals surface area (Å²) in [7, 11) is 0. The first-order valence-corrected chi connectivity index (χ1v) is 13.5. The van der Waals surface area contributed by atoms with Crippen LogP contribution in [-0.2, 0) is 17.9 Å². The molecule has 1 fully saturated rings. The van der Waals surface area contributed by atoms with Crippen LogP contribution < -0.4 is 4.90 Å². The van der Waals surface area contributed by atoms with Gasteiger partial charge in [-0.15, -0.1) is 0 Å². The Bertz CT molecular complexity index is 1000. The Morgan fingerprint density at radius 2 is 1.75 bits per heavy atom. The first kappa shape index (κ1) is 26.3. The van der Waals surface area contributed by atoms with E-state index in [4.69, 9.17) is 0 Å². The number of anilines is 1. The highest BCUT2D eigenvalue weighted by Gasteiger charge is 2.25. The van der Waals surface area contributed by atoms with Gasteiger partial charge in [0.1, 0.15) is 0 Å². The quantitative estimate of drug-likeness (QED) is 0.691. The smallest absolute Gasteiger partial charge is 0.253 e. The number of rotatable bonds is 4. The molecule has 2 aliphatic heterocycles. The van der Waals surface area contributed by atoms with E-state index in [2.05, 4.69) is 16.0 Å². The normalized spacial score (nSPS) is 18.7. The number of aliphatic hydroxyl groups is 1. The Kier molecular flexibility index (Phi) is 9.47. The van der Waals surface area contributed by atoms with Gasteiger partial charge in [0.2, 0.25) is 5.91 Å². The fraction of sp³-hybridized carbons (Fsp3) is 0.552. The molecule has 0 bridgehead atoms. The molecule has 0 unspecified atom stereocenters. The molecule has 194 valence electrons. The number of benzene rings is 1. The third-order valence-corrected chi connectivity index (χ3v) is 7.54. The van der Waals surface area contributed by atoms with Gasteiger partial charge in [-0.1, -0.05) is 25.3 Å². The summed E-state index contributed by atoms with van der Waals surface area (Å²) in [5, 5.41) is 9.45. The number of nitrogens with zero attached hydrogens (tertiary/aromatic N) is 4. The zero-order valence-electron chi connectivity index (χ0n) is 21.6. The molecule has 7 heteroatoms. The summed E-state index contributed by atoms with van der Waals surface area (Å²) in [4.78, 5) is 36.6. The van der Waals surface area contributed by atoms with E-state index in [0.29, 0.717) is 31.7 Å². The second kappa shape index (κ2) is 13.0. The fourth-order valence-corrected chi connectivity index (χ4v) is 5.40. The van der Waals surface area contributed by atoms with Gasteiger partial charge in [0.15, 0.2) is 0 Å². The van der Waals surface area contributed by atoms with Crippen molar-refractivity contribution < 1.29 is 14.7 Å². The van der Waals surface area contributed by atoms with Crippen molar-refractivity contribution in [1.29, 1.82) is 0 Å². The number of piperidine rings is 1. The van der Waals surface area contributed by atoms with E-state index >= 15 is 0 Å². The zero-order chi connectivity index (χ0) is 25.3. The topological polar surface area (TPSA) is 77.0 Å². The van der Waals surface area contributed by atoms with Gasteiger partial charge in [-0.25, -0.2) is 0 Å². The number of fused-ring (bicyclic) bond motifs is 1. The van der Waals surface area contributed by atoms with Crippen LogP contribution in [0, 0.1) is 5.92 Å². The van der Waals surface area contributed by atoms with Crippen LogP contribution in [-0.4, -0.2) is 64.5 Å². The average molecular weight is 493 g/mol. The molecule has 0 atom stereocenters. The molecule has 2 aromatic rings. The van der Waals surface area contributed by atoms with E-state index in [9.17, 15) is 14.7 Å². The van der Waals surface area contributed by atoms with E-state index in [1.54, 1.807) is 13.1 Å². The van der Waals surface area contributed by atoms with Crippen molar-refractivity contribution in [2.45, 2.75) is 65.0 Å². The number of aromatic nitrogens is 1. The van der Waals surface area contributed by atoms with Crippen LogP contribution in [0.3, 0.4) is 0 Å². The van der Waals surface area contributed by atoms with E-state index in [1.807, 2.05) is 40.3 Å². The lowest BCUT2D eigenvalue weighted by molar-refractivity contribution is -0.116. The minimum absolute atomic E-state index is 0.0356. The van der Waals surface area contributed by atoms with Crippen LogP contribution in [0.4, 0.5) is 5.69 Å². The fourth-order valence-electron chi connectivity index (χ4n) is 5.40. The summed E-state index contributed by atoms with van der Waals surface area (Å²) in [5.74, 6) is 0.362. The van der Waals surface area contributed by atoms with Gasteiger partial charge in [-0.2, -0.15) is 0 Å². The predicted molar refractivity (Wildman–Crippen MR) is 142 cm³/mol.